The monoisotopic (exact) mass is 813 g/mol. The number of nitrogens with zero attached hydrogens (tertiary/aromatic N) is 2. The summed E-state index contributed by atoms with van der Waals surface area (Å²) < 4.78 is 0. The molecule has 0 saturated heterocycles. The summed E-state index contributed by atoms with van der Waals surface area (Å²) in [5.74, 6) is -6.22. The minimum Gasteiger partial charge on any atom is -0.549 e. The van der Waals surface area contributed by atoms with Crippen molar-refractivity contribution in [3.8, 4) is 0 Å². The van der Waals surface area contributed by atoms with Gasteiger partial charge in [-0.25, -0.2) is 0 Å². The molecule has 0 fully saturated rings. The molecule has 0 aliphatic carbocycles. The maximum atomic E-state index is 12.2. The molecule has 2 unspecified atom stereocenters. The molecule has 1 radical (unpaired) electrons. The largest absolute Gasteiger partial charge is 2.00 e. The number of aliphatic hydroxyl groups is 5. The van der Waals surface area contributed by atoms with E-state index in [1.165, 1.54) is 0 Å². The number of likely N-dealkylation sites (N-methyl/N-ethyl adjacent to an activating group) is 1. The van der Waals surface area contributed by atoms with Crippen LogP contribution in [0.25, 0.3) is 21.8 Å². The predicted octanol–water partition coefficient (Wildman–Crippen LogP) is -6.98. The van der Waals surface area contributed by atoms with Gasteiger partial charge >= 0.3 is 17.1 Å². The van der Waals surface area contributed by atoms with E-state index in [0.717, 1.165) is 31.6 Å². The zero-order chi connectivity index (χ0) is 39.2. The van der Waals surface area contributed by atoms with Crippen molar-refractivity contribution in [2.75, 3.05) is 46.4 Å². The fourth-order valence-electron chi connectivity index (χ4n) is 5.96. The first-order chi connectivity index (χ1) is 25.2. The van der Waals surface area contributed by atoms with E-state index in [1.807, 2.05) is 0 Å². The van der Waals surface area contributed by atoms with Gasteiger partial charge in [-0.1, -0.05) is 43.8 Å². The number of carbonyl (C=O) groups excluding carboxylic acids is 4. The zero-order valence-corrected chi connectivity index (χ0v) is 30.4. The molecule has 2 aromatic carbocycles. The van der Waals surface area contributed by atoms with Crippen LogP contribution in [0.1, 0.15) is 18.6 Å². The molecule has 2 aromatic heterocycles. The summed E-state index contributed by atoms with van der Waals surface area (Å²) in [6, 6.07) is 11.5. The molecule has 0 amide bonds. The minimum atomic E-state index is -1.56. The molecular weight excluding hydrogens is 765 g/mol. The molecule has 9 N–H and O–H groups in total. The minimum absolute atomic E-state index is 0. The predicted molar refractivity (Wildman–Crippen MR) is 185 cm³/mol. The molecule has 0 aliphatic rings. The van der Waals surface area contributed by atoms with Crippen molar-refractivity contribution >= 4 is 45.7 Å². The Morgan fingerprint density at radius 1 is 0.691 bits per heavy atom. The van der Waals surface area contributed by atoms with E-state index in [4.69, 9.17) is 15.3 Å². The maximum Gasteiger partial charge on any atom is 2.00 e. The topological polar surface area (TPSA) is 316 Å². The van der Waals surface area contributed by atoms with Gasteiger partial charge in [-0.2, -0.15) is 0 Å². The Hall–Kier alpha value is -4.40. The summed E-state index contributed by atoms with van der Waals surface area (Å²) in [7, 11) is 1.70. The van der Waals surface area contributed by atoms with Gasteiger partial charge in [0, 0.05) is 60.4 Å². The van der Waals surface area contributed by atoms with Crippen LogP contribution in [0, 0.1) is 0 Å². The van der Waals surface area contributed by atoms with E-state index in [1.54, 1.807) is 73.3 Å². The number of benzene rings is 2. The van der Waals surface area contributed by atoms with Crippen LogP contribution >= 0.6 is 0 Å². The molecule has 303 valence electrons. The number of rotatable bonds is 21. The van der Waals surface area contributed by atoms with Crippen molar-refractivity contribution in [1.82, 2.24) is 19.8 Å². The van der Waals surface area contributed by atoms with Crippen molar-refractivity contribution in [2.45, 2.75) is 56.8 Å². The molecule has 0 saturated carbocycles. The van der Waals surface area contributed by atoms with Crippen molar-refractivity contribution in [3.05, 3.63) is 72.1 Å². The fraction of sp³-hybridized carbons (Fsp3) is 0.444. The van der Waals surface area contributed by atoms with Crippen LogP contribution in [0.15, 0.2) is 60.9 Å². The first kappa shape index (κ1) is 48.6. The van der Waals surface area contributed by atoms with Gasteiger partial charge in [-0.05, 0) is 36.1 Å². The Morgan fingerprint density at radius 3 is 1.42 bits per heavy atom. The first-order valence-electron chi connectivity index (χ1n) is 16.7. The quantitative estimate of drug-likeness (QED) is 0.0363. The first-order valence-corrected chi connectivity index (χ1v) is 16.7. The number of nitrogens with one attached hydrogen (secondary N) is 2. The van der Waals surface area contributed by atoms with Crippen LogP contribution in [0.5, 0.6) is 0 Å². The van der Waals surface area contributed by atoms with Crippen molar-refractivity contribution in [1.29, 1.82) is 0 Å². The summed E-state index contributed by atoms with van der Waals surface area (Å²) in [4.78, 5) is 55.7. The number of nitrogens with two attached hydrogens (primary N) is 1. The molecule has 18 nitrogen and oxygen atoms in total. The summed E-state index contributed by atoms with van der Waals surface area (Å²) >= 11 is 0. The number of aromatic amines is 2. The third-order valence-electron chi connectivity index (χ3n) is 8.74. The van der Waals surface area contributed by atoms with Crippen molar-refractivity contribution in [3.63, 3.8) is 0 Å². The number of hydrogen-bond donors (Lipinski definition) is 8. The number of H-pyrrole nitrogens is 2. The zero-order valence-electron chi connectivity index (χ0n) is 29.2. The number of carbonyl (C=O) groups is 4. The molecule has 55 heavy (non-hydrogen) atoms. The summed E-state index contributed by atoms with van der Waals surface area (Å²) in [6.07, 6.45) is -2.54. The van der Waals surface area contributed by atoms with Gasteiger partial charge in [0.1, 0.15) is 31.0 Å². The molecule has 0 spiro atoms. The molecule has 4 aromatic rings. The third kappa shape index (κ3) is 14.0. The Morgan fingerprint density at radius 2 is 1.07 bits per heavy atom. The Kier molecular flexibility index (Phi) is 20.8. The Labute approximate surface area is 327 Å². The van der Waals surface area contributed by atoms with Crippen molar-refractivity contribution in [2.24, 2.45) is 0 Å². The van der Waals surface area contributed by atoms with Gasteiger partial charge in [0.2, 0.25) is 0 Å². The van der Waals surface area contributed by atoms with Gasteiger partial charge < -0.3 is 80.4 Å². The summed E-state index contributed by atoms with van der Waals surface area (Å²) in [5, 5.41) is 95.6. The number of fused-ring (bicyclic) bond motifs is 2. The van der Waals surface area contributed by atoms with E-state index >= 15 is 0 Å². The van der Waals surface area contributed by atoms with Crippen LogP contribution in [-0.4, -0.2) is 152 Å². The SMILES string of the molecule is C.C[NH2+]C[C@H](O)[C@@H](O)[C@H](O)[C@H](O)CO.O=C([O-])CN(CCN(CC(=O)[O-])C(Cc1c[nH]c2ccccc12)C(=O)[O-])C(Cc1c[nH]c2ccccc12)C(=O)[O-].[Mn+2]. The molecule has 0 bridgehead atoms. The maximum absolute atomic E-state index is 12.2. The molecule has 2 heterocycles. The number of carboxylic acid groups (broad SMARTS) is 4. The average molecular weight is 814 g/mol. The van der Waals surface area contributed by atoms with Crippen molar-refractivity contribution < 1.29 is 87.5 Å². The molecule has 4 rings (SSSR count). The second-order valence-corrected chi connectivity index (χ2v) is 12.4. The number of aromatic nitrogens is 2. The number of aliphatic hydroxyl groups excluding tert-OH is 5. The summed E-state index contributed by atoms with van der Waals surface area (Å²) in [5.41, 5.74) is 2.73. The van der Waals surface area contributed by atoms with E-state index in [0.29, 0.717) is 11.1 Å². The van der Waals surface area contributed by atoms with Crippen LogP contribution < -0.4 is 25.7 Å². The summed E-state index contributed by atoms with van der Waals surface area (Å²) in [6.45, 7) is -2.69. The third-order valence-corrected chi connectivity index (χ3v) is 8.74. The number of aliphatic carboxylic acids is 4. The molecule has 0 aliphatic heterocycles. The number of carboxylic acids is 4. The van der Waals surface area contributed by atoms with Gasteiger partial charge in [0.05, 0.1) is 49.6 Å². The smallest absolute Gasteiger partial charge is 0.549 e. The second kappa shape index (κ2) is 23.5. The molecule has 19 heteroatoms. The number of quaternary nitrogens is 1. The van der Waals surface area contributed by atoms with E-state index in [2.05, 4.69) is 9.97 Å². The van der Waals surface area contributed by atoms with Crippen LogP contribution in [0.4, 0.5) is 0 Å². The van der Waals surface area contributed by atoms with E-state index < -0.39 is 80.1 Å². The van der Waals surface area contributed by atoms with Crippen LogP contribution in [-0.2, 0) is 49.1 Å². The van der Waals surface area contributed by atoms with E-state index in [-0.39, 0.29) is 57.0 Å². The Bertz CT molecular complexity index is 1690. The standard InChI is InChI=1S/C28H30N4O8.C7H17NO5.CH4.Mn/c33-25(34)15-31(23(27(37)38)11-17-13-29-21-7-3-1-5-19(17)21)9-10-32(16-26(35)36)24(28(39)40)12-18-14-30-22-8-4-2-6-20(18)22;1-8-2-4(10)6(12)7(13)5(11)3-9;;/h1-8,13-14,23-24,29-30H,9-12,15-16H2,(H,33,34)(H,35,36)(H,37,38)(H,39,40);4-13H,2-3H2,1H3;1H4;/q;;;+2/p-3/t;4-,5+,6+,7+;;/m.0../s1. The Balaban J connectivity index is 0.000000867. The second-order valence-electron chi connectivity index (χ2n) is 12.4. The molecule has 6 atom stereocenters. The van der Waals surface area contributed by atoms with Crippen LogP contribution in [0.3, 0.4) is 0 Å². The number of para-hydroxylation sites is 2. The van der Waals surface area contributed by atoms with Crippen LogP contribution in [0.2, 0.25) is 0 Å². The van der Waals surface area contributed by atoms with Gasteiger partial charge in [-0.15, -0.1) is 0 Å². The average Bonchev–Trinajstić information content (AvgIpc) is 3.73. The molecular formula is C36H48MnN5O13-. The van der Waals surface area contributed by atoms with Gasteiger partial charge in [-0.3, -0.25) is 9.80 Å². The van der Waals surface area contributed by atoms with E-state index in [9.17, 15) is 49.8 Å². The normalized spacial score (nSPS) is 14.5. The fourth-order valence-corrected chi connectivity index (χ4v) is 5.96. The number of hydrogen-bond acceptors (Lipinski definition) is 15. The van der Waals surface area contributed by atoms with Gasteiger partial charge in [0.25, 0.3) is 0 Å². The van der Waals surface area contributed by atoms with Gasteiger partial charge in [0.15, 0.2) is 0 Å².